The first kappa shape index (κ1) is 37.8. The van der Waals surface area contributed by atoms with Gasteiger partial charge >= 0.3 is 0 Å². The summed E-state index contributed by atoms with van der Waals surface area (Å²) in [6, 6.07) is 25.1. The Labute approximate surface area is 290 Å². The standard InChI is InChI=1S/C30H29N2.C11H24O2.Ir/c1-29(2,3)20-12-14-22-24(16-20)25-17-21(30(4,5)6)13-15-23(25)28-27(22)31-18-26(32-28)19-10-8-7-9-11-19;1-10(2,3)8(12)7-9(13)11(4,5)6;/h7-13,15-18H,1-6H3;8-9,12-13H,7H2,1-6H3;/q-1;;. The summed E-state index contributed by atoms with van der Waals surface area (Å²) in [6.45, 7) is 25.4. The fraction of sp³-hybridized carbons (Fsp3) is 0.463. The Morgan fingerprint density at radius 2 is 1.20 bits per heavy atom. The Bertz CT molecular complexity index is 1770. The van der Waals surface area contributed by atoms with Gasteiger partial charge in [0.2, 0.25) is 0 Å². The van der Waals surface area contributed by atoms with Crippen molar-refractivity contribution in [2.75, 3.05) is 0 Å². The van der Waals surface area contributed by atoms with Gasteiger partial charge in [0.15, 0.2) is 0 Å². The molecule has 0 saturated heterocycles. The van der Waals surface area contributed by atoms with Crippen molar-refractivity contribution < 1.29 is 30.3 Å². The molecule has 4 nitrogen and oxygen atoms in total. The van der Waals surface area contributed by atoms with Crippen LogP contribution >= 0.6 is 0 Å². The van der Waals surface area contributed by atoms with E-state index in [2.05, 4.69) is 90.1 Å². The fourth-order valence-electron chi connectivity index (χ4n) is 5.20. The maximum absolute atomic E-state index is 9.76. The summed E-state index contributed by atoms with van der Waals surface area (Å²) in [6.07, 6.45) is 1.45. The molecule has 0 saturated carbocycles. The summed E-state index contributed by atoms with van der Waals surface area (Å²) < 4.78 is 0. The Kier molecular flexibility index (Phi) is 11.3. The minimum atomic E-state index is -0.443. The van der Waals surface area contributed by atoms with Crippen molar-refractivity contribution >= 4 is 32.6 Å². The predicted molar refractivity (Wildman–Crippen MR) is 192 cm³/mol. The number of hydrogen-bond acceptors (Lipinski definition) is 4. The van der Waals surface area contributed by atoms with Gasteiger partial charge in [-0.15, -0.1) is 29.1 Å². The second-order valence-corrected chi connectivity index (χ2v) is 16.8. The van der Waals surface area contributed by atoms with Gasteiger partial charge in [-0.2, -0.15) is 0 Å². The van der Waals surface area contributed by atoms with Gasteiger partial charge in [-0.3, -0.25) is 4.98 Å². The third kappa shape index (κ3) is 8.61. The van der Waals surface area contributed by atoms with Crippen LogP contribution in [0.3, 0.4) is 0 Å². The minimum Gasteiger partial charge on any atom is -0.392 e. The van der Waals surface area contributed by atoms with Crippen molar-refractivity contribution in [2.45, 2.75) is 113 Å². The van der Waals surface area contributed by atoms with E-state index in [4.69, 9.17) is 9.97 Å². The molecule has 4 aromatic carbocycles. The molecule has 249 valence electrons. The third-order valence-corrected chi connectivity index (χ3v) is 8.76. The number of aromatic nitrogens is 2. The summed E-state index contributed by atoms with van der Waals surface area (Å²) in [7, 11) is 0. The fourth-order valence-corrected chi connectivity index (χ4v) is 5.20. The average Bonchev–Trinajstić information content (AvgIpc) is 2.95. The zero-order valence-corrected chi connectivity index (χ0v) is 32.2. The predicted octanol–water partition coefficient (Wildman–Crippen LogP) is 10.2. The van der Waals surface area contributed by atoms with Gasteiger partial charge in [0.1, 0.15) is 0 Å². The number of nitrogens with zero attached hydrogens (tertiary/aromatic N) is 2. The number of benzene rings is 4. The smallest absolute Gasteiger partial charge is 0.0873 e. The Morgan fingerprint density at radius 3 is 1.72 bits per heavy atom. The molecule has 5 heteroatoms. The van der Waals surface area contributed by atoms with Gasteiger partial charge in [-0.05, 0) is 32.6 Å². The van der Waals surface area contributed by atoms with Crippen LogP contribution in [-0.2, 0) is 30.9 Å². The van der Waals surface area contributed by atoms with Crippen molar-refractivity contribution in [2.24, 2.45) is 10.8 Å². The zero-order valence-electron chi connectivity index (χ0n) is 29.8. The number of hydrogen-bond donors (Lipinski definition) is 2. The van der Waals surface area contributed by atoms with Gasteiger partial charge < -0.3 is 15.2 Å². The van der Waals surface area contributed by atoms with Crippen LogP contribution < -0.4 is 0 Å². The normalized spacial score (nSPS) is 14.0. The van der Waals surface area contributed by atoms with E-state index in [-0.39, 0.29) is 41.8 Å². The van der Waals surface area contributed by atoms with Crippen LogP contribution in [0.2, 0.25) is 0 Å². The first-order chi connectivity index (χ1) is 20.7. The van der Waals surface area contributed by atoms with E-state index in [1.807, 2.05) is 65.9 Å². The summed E-state index contributed by atoms with van der Waals surface area (Å²) in [5.74, 6) is 0. The molecule has 0 aliphatic carbocycles. The van der Waals surface area contributed by atoms with Crippen LogP contribution in [0.5, 0.6) is 0 Å². The quantitative estimate of drug-likeness (QED) is 0.141. The molecule has 0 aliphatic rings. The van der Waals surface area contributed by atoms with Crippen molar-refractivity contribution in [1.82, 2.24) is 9.97 Å². The van der Waals surface area contributed by atoms with Crippen molar-refractivity contribution in [3.63, 3.8) is 0 Å². The molecule has 5 aromatic rings. The van der Waals surface area contributed by atoms with Gasteiger partial charge in [-0.25, -0.2) is 0 Å². The summed E-state index contributed by atoms with van der Waals surface area (Å²) in [5, 5.41) is 24.1. The summed E-state index contributed by atoms with van der Waals surface area (Å²) in [4.78, 5) is 10.0. The molecule has 0 spiro atoms. The van der Waals surface area contributed by atoms with Crippen molar-refractivity contribution in [3.05, 3.63) is 84.1 Å². The Hall–Kier alpha value is -2.69. The van der Waals surface area contributed by atoms with Gasteiger partial charge in [-0.1, -0.05) is 142 Å². The van der Waals surface area contributed by atoms with Gasteiger partial charge in [0.05, 0.1) is 23.4 Å². The number of aliphatic hydroxyl groups is 2. The molecular formula is C41H53IrN2O2-. The van der Waals surface area contributed by atoms with Crippen LogP contribution in [-0.4, -0.2) is 32.4 Å². The summed E-state index contributed by atoms with van der Waals surface area (Å²) in [5.41, 5.74) is 6.25. The maximum atomic E-state index is 9.76. The first-order valence-corrected chi connectivity index (χ1v) is 16.2. The Balaban J connectivity index is 0.000000352. The molecule has 5 rings (SSSR count). The van der Waals surface area contributed by atoms with E-state index in [1.165, 1.54) is 21.9 Å². The number of aliphatic hydroxyl groups excluding tert-OH is 2. The second-order valence-electron chi connectivity index (χ2n) is 16.8. The molecule has 2 N–H and O–H groups in total. The van der Waals surface area contributed by atoms with Crippen molar-refractivity contribution in [3.8, 4) is 11.3 Å². The minimum absolute atomic E-state index is 0. The van der Waals surface area contributed by atoms with Crippen molar-refractivity contribution in [1.29, 1.82) is 0 Å². The Morgan fingerprint density at radius 1 is 0.652 bits per heavy atom. The summed E-state index contributed by atoms with van der Waals surface area (Å²) >= 11 is 0. The third-order valence-electron chi connectivity index (χ3n) is 8.76. The molecule has 1 heterocycles. The van der Waals surface area contributed by atoms with E-state index in [0.29, 0.717) is 6.42 Å². The molecule has 1 radical (unpaired) electrons. The van der Waals surface area contributed by atoms with Gasteiger partial charge in [0.25, 0.3) is 0 Å². The van der Waals surface area contributed by atoms with E-state index in [0.717, 1.165) is 33.1 Å². The van der Waals surface area contributed by atoms with Crippen LogP contribution in [0.25, 0.3) is 43.8 Å². The maximum Gasteiger partial charge on any atom is 0.0873 e. The molecular weight excluding hydrogens is 745 g/mol. The largest absolute Gasteiger partial charge is 0.392 e. The molecule has 46 heavy (non-hydrogen) atoms. The van der Waals surface area contributed by atoms with E-state index in [9.17, 15) is 10.2 Å². The van der Waals surface area contributed by atoms with Crippen LogP contribution in [0.4, 0.5) is 0 Å². The first-order valence-electron chi connectivity index (χ1n) is 16.2. The topological polar surface area (TPSA) is 66.2 Å². The molecule has 0 bridgehead atoms. The molecule has 2 atom stereocenters. The average molecular weight is 798 g/mol. The second kappa shape index (κ2) is 13.8. The zero-order chi connectivity index (χ0) is 33.5. The SMILES string of the molecule is CC(C)(C)C(O)CC(O)C(C)(C)C.CC(C)(C)c1c[c-]c2c(c1)c1cc(C(C)(C)C)ccc1c1nc(-c3ccccc3)cnc21.[Ir]. The number of fused-ring (bicyclic) bond motifs is 6. The van der Waals surface area contributed by atoms with Gasteiger partial charge in [0, 0.05) is 43.8 Å². The molecule has 1 aromatic heterocycles. The van der Waals surface area contributed by atoms with E-state index < -0.39 is 12.2 Å². The molecule has 0 amide bonds. The van der Waals surface area contributed by atoms with Crippen LogP contribution in [0.1, 0.15) is 101 Å². The molecule has 2 unspecified atom stereocenters. The number of rotatable bonds is 3. The molecule has 0 aliphatic heterocycles. The van der Waals surface area contributed by atoms with Crippen LogP contribution in [0.15, 0.2) is 66.9 Å². The van der Waals surface area contributed by atoms with E-state index >= 15 is 0 Å². The monoisotopic (exact) mass is 798 g/mol. The van der Waals surface area contributed by atoms with Crippen LogP contribution in [0, 0.1) is 16.9 Å². The van der Waals surface area contributed by atoms with E-state index in [1.54, 1.807) is 0 Å². The molecule has 0 fully saturated rings.